The van der Waals surface area contributed by atoms with Gasteiger partial charge in [-0.3, -0.25) is 0 Å². The predicted molar refractivity (Wildman–Crippen MR) is 93.1 cm³/mol. The molecule has 2 aromatic carbocycles. The van der Waals surface area contributed by atoms with E-state index in [1.807, 2.05) is 12.1 Å². The van der Waals surface area contributed by atoms with Gasteiger partial charge in [0.1, 0.15) is 0 Å². The summed E-state index contributed by atoms with van der Waals surface area (Å²) in [6, 6.07) is 17.3. The van der Waals surface area contributed by atoms with E-state index in [9.17, 15) is 0 Å². The van der Waals surface area contributed by atoms with Gasteiger partial charge in [0.15, 0.2) is 0 Å². The van der Waals surface area contributed by atoms with E-state index < -0.39 is 0 Å². The quantitative estimate of drug-likeness (QED) is 0.768. The first-order valence-corrected chi connectivity index (χ1v) is 7.69. The topological polar surface area (TPSA) is 29.3 Å². The van der Waals surface area contributed by atoms with Gasteiger partial charge in [-0.25, -0.2) is 0 Å². The van der Waals surface area contributed by atoms with E-state index in [0.29, 0.717) is 12.0 Å². The molecule has 2 N–H and O–H groups in total. The average molecular weight is 282 g/mol. The average Bonchev–Trinajstić information content (AvgIpc) is 2.42. The minimum atomic E-state index is 0.441. The molecule has 0 saturated heterocycles. The molecule has 0 aliphatic rings. The third kappa shape index (κ3) is 4.01. The Bertz CT molecular complexity index is 510. The van der Waals surface area contributed by atoms with Crippen molar-refractivity contribution >= 4 is 17.1 Å². The fourth-order valence-corrected chi connectivity index (χ4v) is 2.79. The van der Waals surface area contributed by atoms with Crippen molar-refractivity contribution in [1.29, 1.82) is 0 Å². The highest BCUT2D eigenvalue weighted by molar-refractivity contribution is 5.66. The van der Waals surface area contributed by atoms with Gasteiger partial charge in [0.2, 0.25) is 0 Å². The smallest absolute Gasteiger partial charge is 0.0414 e. The molecule has 0 radical (unpaired) electrons. The van der Waals surface area contributed by atoms with Gasteiger partial charge in [-0.05, 0) is 62.6 Å². The van der Waals surface area contributed by atoms with Crippen molar-refractivity contribution in [1.82, 2.24) is 0 Å². The highest BCUT2D eigenvalue weighted by Gasteiger charge is 2.17. The summed E-state index contributed by atoms with van der Waals surface area (Å²) in [4.78, 5) is 2.40. The number of benzene rings is 2. The third-order valence-corrected chi connectivity index (χ3v) is 3.74. The Morgan fingerprint density at radius 2 is 1.33 bits per heavy atom. The van der Waals surface area contributed by atoms with Crippen LogP contribution in [0.4, 0.5) is 17.1 Å². The number of nitrogen functional groups attached to an aromatic ring is 1. The molecule has 1 atom stereocenters. The first kappa shape index (κ1) is 15.4. The lowest BCUT2D eigenvalue weighted by Crippen LogP contribution is -2.29. The van der Waals surface area contributed by atoms with Gasteiger partial charge >= 0.3 is 0 Å². The van der Waals surface area contributed by atoms with E-state index in [-0.39, 0.29) is 0 Å². The highest BCUT2D eigenvalue weighted by Crippen LogP contribution is 2.30. The molecule has 0 aromatic heterocycles. The molecule has 112 valence electrons. The minimum absolute atomic E-state index is 0.441. The zero-order valence-corrected chi connectivity index (χ0v) is 13.5. The molecule has 0 bridgehead atoms. The monoisotopic (exact) mass is 282 g/mol. The van der Waals surface area contributed by atoms with E-state index in [1.165, 1.54) is 16.9 Å². The maximum Gasteiger partial charge on any atom is 0.0414 e. The Morgan fingerprint density at radius 3 is 1.81 bits per heavy atom. The summed E-state index contributed by atoms with van der Waals surface area (Å²) in [7, 11) is 0. The largest absolute Gasteiger partial charge is 0.399 e. The van der Waals surface area contributed by atoms with Crippen LogP contribution in [0.25, 0.3) is 0 Å². The van der Waals surface area contributed by atoms with E-state index in [2.05, 4.69) is 69.0 Å². The van der Waals surface area contributed by atoms with Crippen molar-refractivity contribution in [3.8, 4) is 0 Å². The molecule has 21 heavy (non-hydrogen) atoms. The molecule has 0 amide bonds. The number of hydrogen-bond donors (Lipinski definition) is 1. The van der Waals surface area contributed by atoms with Crippen molar-refractivity contribution in [3.63, 3.8) is 0 Å². The maximum atomic E-state index is 5.82. The summed E-state index contributed by atoms with van der Waals surface area (Å²) >= 11 is 0. The molecule has 0 heterocycles. The summed E-state index contributed by atoms with van der Waals surface area (Å²) in [6.07, 6.45) is 1.15. The van der Waals surface area contributed by atoms with Gasteiger partial charge in [-0.2, -0.15) is 0 Å². The fraction of sp³-hybridized carbons (Fsp3) is 0.368. The molecule has 1 unspecified atom stereocenters. The Kier molecular flexibility index (Phi) is 4.89. The predicted octanol–water partition coefficient (Wildman–Crippen LogP) is 5.15. The van der Waals surface area contributed by atoms with Crippen LogP contribution in [0, 0.1) is 12.8 Å². The van der Waals surface area contributed by atoms with Crippen LogP contribution in [0.1, 0.15) is 32.8 Å². The van der Waals surface area contributed by atoms with Gasteiger partial charge in [-0.1, -0.05) is 31.5 Å². The van der Waals surface area contributed by atoms with E-state index >= 15 is 0 Å². The Hall–Kier alpha value is -1.96. The molecule has 0 aliphatic carbocycles. The molecule has 2 rings (SSSR count). The lowest BCUT2D eigenvalue weighted by Gasteiger charge is -2.33. The van der Waals surface area contributed by atoms with Gasteiger partial charge in [0.05, 0.1) is 0 Å². The Labute approximate surface area is 128 Å². The molecule has 2 aromatic rings. The summed E-state index contributed by atoms with van der Waals surface area (Å²) < 4.78 is 0. The molecule has 2 nitrogen and oxygen atoms in total. The molecule has 0 fully saturated rings. The third-order valence-electron chi connectivity index (χ3n) is 3.74. The number of rotatable bonds is 5. The molecular weight excluding hydrogens is 256 g/mol. The SMILES string of the molecule is Cc1ccc(N(c2ccc(N)cc2)C(C)CC(C)C)cc1. The number of nitrogens with two attached hydrogens (primary N) is 1. The fourth-order valence-electron chi connectivity index (χ4n) is 2.79. The first-order valence-electron chi connectivity index (χ1n) is 7.69. The zero-order valence-electron chi connectivity index (χ0n) is 13.5. The lowest BCUT2D eigenvalue weighted by atomic mass is 10.0. The van der Waals surface area contributed by atoms with Crippen LogP contribution in [0.5, 0.6) is 0 Å². The van der Waals surface area contributed by atoms with Gasteiger partial charge in [0.25, 0.3) is 0 Å². The minimum Gasteiger partial charge on any atom is -0.399 e. The van der Waals surface area contributed by atoms with Gasteiger partial charge in [0, 0.05) is 23.1 Å². The molecule has 0 spiro atoms. The standard InChI is InChI=1S/C19H26N2/c1-14(2)13-16(4)21(18-9-5-15(3)6-10-18)19-11-7-17(20)8-12-19/h5-12,14,16H,13,20H2,1-4H3. The Morgan fingerprint density at radius 1 is 0.857 bits per heavy atom. The maximum absolute atomic E-state index is 5.82. The number of hydrogen-bond acceptors (Lipinski definition) is 2. The van der Waals surface area contributed by atoms with Crippen LogP contribution in [0.15, 0.2) is 48.5 Å². The van der Waals surface area contributed by atoms with Crippen LogP contribution in [0.2, 0.25) is 0 Å². The zero-order chi connectivity index (χ0) is 15.4. The number of nitrogens with zero attached hydrogens (tertiary/aromatic N) is 1. The van der Waals surface area contributed by atoms with Crippen molar-refractivity contribution in [2.24, 2.45) is 5.92 Å². The summed E-state index contributed by atoms with van der Waals surface area (Å²) in [5.74, 6) is 0.668. The molecule has 0 saturated carbocycles. The van der Waals surface area contributed by atoms with Gasteiger partial charge < -0.3 is 10.6 Å². The van der Waals surface area contributed by atoms with Crippen molar-refractivity contribution < 1.29 is 0 Å². The second-order valence-electron chi connectivity index (χ2n) is 6.28. The summed E-state index contributed by atoms with van der Waals surface area (Å²) in [6.45, 7) is 8.95. The van der Waals surface area contributed by atoms with Crippen LogP contribution in [0.3, 0.4) is 0 Å². The second kappa shape index (κ2) is 6.66. The van der Waals surface area contributed by atoms with E-state index in [4.69, 9.17) is 5.73 Å². The van der Waals surface area contributed by atoms with Crippen LogP contribution in [-0.2, 0) is 0 Å². The molecule has 0 aliphatic heterocycles. The van der Waals surface area contributed by atoms with Crippen LogP contribution >= 0.6 is 0 Å². The Balaban J connectivity index is 2.38. The van der Waals surface area contributed by atoms with Crippen molar-refractivity contribution in [2.75, 3.05) is 10.6 Å². The van der Waals surface area contributed by atoms with E-state index in [1.54, 1.807) is 0 Å². The summed E-state index contributed by atoms with van der Waals surface area (Å²) in [5.41, 5.74) is 10.3. The van der Waals surface area contributed by atoms with E-state index in [0.717, 1.165) is 12.1 Å². The summed E-state index contributed by atoms with van der Waals surface area (Å²) in [5, 5.41) is 0. The first-order chi connectivity index (χ1) is 9.97. The van der Waals surface area contributed by atoms with Gasteiger partial charge in [-0.15, -0.1) is 0 Å². The normalized spacial score (nSPS) is 12.4. The van der Waals surface area contributed by atoms with Crippen LogP contribution < -0.4 is 10.6 Å². The number of anilines is 3. The molecular formula is C19H26N2. The van der Waals surface area contributed by atoms with Crippen LogP contribution in [-0.4, -0.2) is 6.04 Å². The lowest BCUT2D eigenvalue weighted by molar-refractivity contribution is 0.513. The molecule has 2 heteroatoms. The highest BCUT2D eigenvalue weighted by atomic mass is 15.2. The van der Waals surface area contributed by atoms with Crippen molar-refractivity contribution in [3.05, 3.63) is 54.1 Å². The number of aryl methyl sites for hydroxylation is 1. The van der Waals surface area contributed by atoms with Crippen molar-refractivity contribution in [2.45, 2.75) is 40.2 Å². The second-order valence-corrected chi connectivity index (χ2v) is 6.28.